The van der Waals surface area contributed by atoms with Crippen LogP contribution in [0.15, 0.2) is 79.1 Å². The normalized spacial score (nSPS) is 12.1. The van der Waals surface area contributed by atoms with Crippen molar-refractivity contribution in [2.45, 2.75) is 52.0 Å². The number of phenols is 1. The summed E-state index contributed by atoms with van der Waals surface area (Å²) in [7, 11) is 0. The lowest BCUT2D eigenvalue weighted by Crippen LogP contribution is -2.47. The second kappa shape index (κ2) is 13.2. The quantitative estimate of drug-likeness (QED) is 0.200. The average Bonchev–Trinajstić information content (AvgIpc) is 3.37. The molecule has 4 N–H and O–H groups in total. The number of carbonyl (C=O) groups is 2. The molecule has 2 aromatic carbocycles. The van der Waals surface area contributed by atoms with E-state index in [0.717, 1.165) is 34.7 Å². The standard InChI is InChI=1S/C32H38N6O3/c1-22(39)36-31(41)29(19-23-8-14-27(40)15-9-23)34-17-6-18-35-30-20-28(24-7-5-16-33-21-24)37-38(30)26-12-10-25(11-13-26)32(2,3)4/h5,7-16,20-21,29,34-35,40H,6,17-19H2,1-4H3,(H,36,39,41). The van der Waals surface area contributed by atoms with Crippen LogP contribution in [0.25, 0.3) is 16.9 Å². The van der Waals surface area contributed by atoms with Crippen LogP contribution in [-0.2, 0) is 21.4 Å². The van der Waals surface area contributed by atoms with Crippen LogP contribution in [0.4, 0.5) is 5.82 Å². The minimum atomic E-state index is -0.590. The van der Waals surface area contributed by atoms with Crippen molar-refractivity contribution in [3.63, 3.8) is 0 Å². The number of benzene rings is 2. The summed E-state index contributed by atoms with van der Waals surface area (Å²) in [6.07, 6.45) is 4.64. The summed E-state index contributed by atoms with van der Waals surface area (Å²) >= 11 is 0. The molecule has 1 unspecified atom stereocenters. The number of aromatic hydroxyl groups is 1. The summed E-state index contributed by atoms with van der Waals surface area (Å²) in [6.45, 7) is 9.07. The Balaban J connectivity index is 1.43. The summed E-state index contributed by atoms with van der Waals surface area (Å²) < 4.78 is 1.90. The first-order valence-electron chi connectivity index (χ1n) is 13.8. The zero-order chi connectivity index (χ0) is 29.4. The Hall–Kier alpha value is -4.50. The first-order chi connectivity index (χ1) is 19.6. The lowest BCUT2D eigenvalue weighted by Gasteiger charge is -2.19. The summed E-state index contributed by atoms with van der Waals surface area (Å²) in [5.74, 6) is 0.231. The Labute approximate surface area is 241 Å². The van der Waals surface area contributed by atoms with Crippen LogP contribution >= 0.6 is 0 Å². The van der Waals surface area contributed by atoms with E-state index < -0.39 is 11.9 Å². The molecule has 41 heavy (non-hydrogen) atoms. The van der Waals surface area contributed by atoms with Gasteiger partial charge in [0.25, 0.3) is 0 Å². The molecule has 1 atom stereocenters. The largest absolute Gasteiger partial charge is 0.508 e. The van der Waals surface area contributed by atoms with E-state index in [4.69, 9.17) is 5.10 Å². The first-order valence-corrected chi connectivity index (χ1v) is 13.8. The van der Waals surface area contributed by atoms with E-state index in [0.29, 0.717) is 19.5 Å². The molecule has 2 heterocycles. The van der Waals surface area contributed by atoms with E-state index in [1.165, 1.54) is 12.5 Å². The van der Waals surface area contributed by atoms with E-state index in [9.17, 15) is 14.7 Å². The van der Waals surface area contributed by atoms with Crippen LogP contribution in [0.3, 0.4) is 0 Å². The molecule has 0 aliphatic rings. The van der Waals surface area contributed by atoms with Crippen molar-refractivity contribution in [2.75, 3.05) is 18.4 Å². The molecule has 0 aliphatic heterocycles. The lowest BCUT2D eigenvalue weighted by atomic mass is 9.87. The van der Waals surface area contributed by atoms with Crippen LogP contribution in [0.5, 0.6) is 5.75 Å². The smallest absolute Gasteiger partial charge is 0.244 e. The number of nitrogens with one attached hydrogen (secondary N) is 3. The van der Waals surface area contributed by atoms with Gasteiger partial charge in [-0.15, -0.1) is 0 Å². The third-order valence-electron chi connectivity index (χ3n) is 6.69. The minimum Gasteiger partial charge on any atom is -0.508 e. The topological polar surface area (TPSA) is 121 Å². The van der Waals surface area contributed by atoms with E-state index in [-0.39, 0.29) is 17.1 Å². The molecule has 2 amide bonds. The van der Waals surface area contributed by atoms with Gasteiger partial charge in [-0.1, -0.05) is 45.0 Å². The number of hydrogen-bond acceptors (Lipinski definition) is 7. The molecule has 4 rings (SSSR count). The molecule has 214 valence electrons. The third kappa shape index (κ3) is 8.25. The van der Waals surface area contributed by atoms with Gasteiger partial charge in [-0.25, -0.2) is 4.68 Å². The predicted molar refractivity (Wildman–Crippen MR) is 161 cm³/mol. The van der Waals surface area contributed by atoms with E-state index in [1.54, 1.807) is 36.7 Å². The number of rotatable bonds is 11. The molecular formula is C32H38N6O3. The van der Waals surface area contributed by atoms with Crippen LogP contribution in [0.1, 0.15) is 45.2 Å². The van der Waals surface area contributed by atoms with Crippen molar-refractivity contribution in [1.29, 1.82) is 0 Å². The van der Waals surface area contributed by atoms with E-state index in [1.807, 2.05) is 22.9 Å². The highest BCUT2D eigenvalue weighted by atomic mass is 16.3. The second-order valence-electron chi connectivity index (χ2n) is 11.1. The minimum absolute atomic E-state index is 0.0546. The van der Waals surface area contributed by atoms with Crippen LogP contribution in [0.2, 0.25) is 0 Å². The molecule has 0 radical (unpaired) electrons. The molecule has 2 aromatic heterocycles. The SMILES string of the molecule is CC(=O)NC(=O)C(Cc1ccc(O)cc1)NCCCNc1cc(-c2cccnc2)nn1-c1ccc(C(C)(C)C)cc1. The van der Waals surface area contributed by atoms with Crippen LogP contribution in [0, 0.1) is 0 Å². The molecular weight excluding hydrogens is 516 g/mol. The van der Waals surface area contributed by atoms with Gasteiger partial charge in [-0.05, 0) is 72.3 Å². The van der Waals surface area contributed by atoms with Crippen molar-refractivity contribution in [1.82, 2.24) is 25.4 Å². The number of hydrogen-bond donors (Lipinski definition) is 4. The van der Waals surface area contributed by atoms with Gasteiger partial charge in [0.05, 0.1) is 17.4 Å². The van der Waals surface area contributed by atoms with Gasteiger partial charge in [0.15, 0.2) is 0 Å². The van der Waals surface area contributed by atoms with Gasteiger partial charge >= 0.3 is 0 Å². The highest BCUT2D eigenvalue weighted by molar-refractivity contribution is 5.96. The number of amides is 2. The fraction of sp³-hybridized carbons (Fsp3) is 0.312. The fourth-order valence-corrected chi connectivity index (χ4v) is 4.43. The zero-order valence-electron chi connectivity index (χ0n) is 24.0. The Kier molecular flexibility index (Phi) is 9.52. The van der Waals surface area contributed by atoms with Crippen LogP contribution < -0.4 is 16.0 Å². The maximum Gasteiger partial charge on any atom is 0.244 e. The predicted octanol–water partition coefficient (Wildman–Crippen LogP) is 4.60. The van der Waals surface area contributed by atoms with Gasteiger partial charge in [-0.3, -0.25) is 19.9 Å². The highest BCUT2D eigenvalue weighted by Gasteiger charge is 2.20. The Morgan fingerprint density at radius 3 is 2.37 bits per heavy atom. The highest BCUT2D eigenvalue weighted by Crippen LogP contribution is 2.27. The van der Waals surface area contributed by atoms with Crippen molar-refractivity contribution in [3.8, 4) is 22.7 Å². The zero-order valence-corrected chi connectivity index (χ0v) is 24.0. The molecule has 9 nitrogen and oxygen atoms in total. The average molecular weight is 555 g/mol. The molecule has 4 aromatic rings. The van der Waals surface area contributed by atoms with Gasteiger partial charge in [-0.2, -0.15) is 5.10 Å². The monoisotopic (exact) mass is 554 g/mol. The van der Waals surface area contributed by atoms with Gasteiger partial charge in [0.2, 0.25) is 11.8 Å². The molecule has 0 saturated heterocycles. The molecule has 0 bridgehead atoms. The van der Waals surface area contributed by atoms with Crippen molar-refractivity contribution in [2.24, 2.45) is 0 Å². The van der Waals surface area contributed by atoms with Crippen LogP contribution in [-0.4, -0.2) is 50.8 Å². The number of anilines is 1. The number of pyridine rings is 1. The maximum atomic E-state index is 12.7. The number of aromatic nitrogens is 3. The number of phenolic OH excluding ortho intramolecular Hbond substituents is 1. The van der Waals surface area contributed by atoms with Gasteiger partial charge in [0, 0.05) is 37.5 Å². The first kappa shape index (κ1) is 29.5. The fourth-order valence-electron chi connectivity index (χ4n) is 4.43. The number of nitrogens with zero attached hydrogens (tertiary/aromatic N) is 3. The summed E-state index contributed by atoms with van der Waals surface area (Å²) in [4.78, 5) is 28.4. The molecule has 0 aliphatic carbocycles. The summed E-state index contributed by atoms with van der Waals surface area (Å²) in [5.41, 5.74) is 4.87. The lowest BCUT2D eigenvalue weighted by molar-refractivity contribution is -0.130. The molecule has 0 fully saturated rings. The Morgan fingerprint density at radius 1 is 1.00 bits per heavy atom. The van der Waals surface area contributed by atoms with E-state index >= 15 is 0 Å². The van der Waals surface area contributed by atoms with Crippen molar-refractivity contribution >= 4 is 17.6 Å². The Morgan fingerprint density at radius 2 is 1.73 bits per heavy atom. The summed E-state index contributed by atoms with van der Waals surface area (Å²) in [5, 5.41) is 23.6. The summed E-state index contributed by atoms with van der Waals surface area (Å²) in [6, 6.07) is 20.4. The van der Waals surface area contributed by atoms with Gasteiger partial charge < -0.3 is 15.7 Å². The number of imide groups is 1. The maximum absolute atomic E-state index is 12.7. The van der Waals surface area contributed by atoms with Crippen molar-refractivity contribution in [3.05, 3.63) is 90.3 Å². The number of carbonyl (C=O) groups excluding carboxylic acids is 2. The molecule has 0 saturated carbocycles. The second-order valence-corrected chi connectivity index (χ2v) is 11.1. The molecule has 9 heteroatoms. The molecule has 0 spiro atoms. The third-order valence-corrected chi connectivity index (χ3v) is 6.69. The Bertz CT molecular complexity index is 1440. The van der Waals surface area contributed by atoms with Gasteiger partial charge in [0.1, 0.15) is 11.6 Å². The van der Waals surface area contributed by atoms with E-state index in [2.05, 4.69) is 66.0 Å². The van der Waals surface area contributed by atoms with Crippen molar-refractivity contribution < 1.29 is 14.7 Å².